The van der Waals surface area contributed by atoms with Crippen LogP contribution in [-0.4, -0.2) is 11.0 Å². The Morgan fingerprint density at radius 1 is 1.04 bits per heavy atom. The molecule has 0 saturated carbocycles. The molecule has 0 saturated heterocycles. The molecule has 1 amide bonds. The monoisotopic (exact) mass is 353 g/mol. The standard InChI is InChI=1S/C20H32ClNO2/c1-8-18(4,5)14-11-12-16(15(13-14)19(6,7)9-2)24-20(21,10-3)17(22)23/h11-13H,8-10H2,1-7H3,(H2,22,23). The number of rotatable bonds is 8. The van der Waals surface area contributed by atoms with Gasteiger partial charge in [-0.3, -0.25) is 4.79 Å². The molecule has 0 aromatic heterocycles. The van der Waals surface area contributed by atoms with Gasteiger partial charge >= 0.3 is 0 Å². The number of halogens is 1. The van der Waals surface area contributed by atoms with Gasteiger partial charge in [-0.25, -0.2) is 0 Å². The summed E-state index contributed by atoms with van der Waals surface area (Å²) < 4.78 is 5.92. The Kier molecular flexibility index (Phi) is 6.37. The van der Waals surface area contributed by atoms with Gasteiger partial charge in [0, 0.05) is 12.0 Å². The highest BCUT2D eigenvalue weighted by molar-refractivity contribution is 6.33. The van der Waals surface area contributed by atoms with Crippen molar-refractivity contribution in [2.75, 3.05) is 0 Å². The number of carbonyl (C=O) groups is 1. The van der Waals surface area contributed by atoms with Crippen LogP contribution in [-0.2, 0) is 15.6 Å². The summed E-state index contributed by atoms with van der Waals surface area (Å²) in [6.07, 6.45) is 2.28. The third kappa shape index (κ3) is 4.24. The number of ether oxygens (including phenoxy) is 1. The number of nitrogens with two attached hydrogens (primary N) is 1. The first-order chi connectivity index (χ1) is 10.9. The molecule has 1 aromatic rings. The molecule has 3 nitrogen and oxygen atoms in total. The Hall–Kier alpha value is -1.22. The fourth-order valence-electron chi connectivity index (χ4n) is 2.43. The first-order valence-electron chi connectivity index (χ1n) is 8.76. The van der Waals surface area contributed by atoms with E-state index in [2.05, 4.69) is 53.7 Å². The highest BCUT2D eigenvalue weighted by Gasteiger charge is 2.37. The quantitative estimate of drug-likeness (QED) is 0.647. The highest BCUT2D eigenvalue weighted by atomic mass is 35.5. The zero-order chi connectivity index (χ0) is 18.8. The smallest absolute Gasteiger partial charge is 0.277 e. The molecule has 1 unspecified atom stereocenters. The number of alkyl halides is 1. The zero-order valence-electron chi connectivity index (χ0n) is 16.1. The molecule has 4 heteroatoms. The van der Waals surface area contributed by atoms with Crippen molar-refractivity contribution >= 4 is 17.5 Å². The Morgan fingerprint density at radius 3 is 2.00 bits per heavy atom. The maximum atomic E-state index is 11.7. The van der Waals surface area contributed by atoms with Crippen molar-refractivity contribution in [3.63, 3.8) is 0 Å². The second-order valence-electron chi connectivity index (χ2n) is 7.73. The molecule has 0 radical (unpaired) electrons. The molecule has 0 aliphatic rings. The Labute approximate surface area is 151 Å². The first kappa shape index (κ1) is 20.8. The van der Waals surface area contributed by atoms with E-state index in [1.807, 2.05) is 6.07 Å². The predicted octanol–water partition coefficient (Wildman–Crippen LogP) is 5.27. The fraction of sp³-hybridized carbons (Fsp3) is 0.650. The Bertz CT molecular complexity index is 595. The van der Waals surface area contributed by atoms with Gasteiger partial charge in [0.05, 0.1) is 0 Å². The molecule has 0 heterocycles. The SMILES string of the molecule is CCC(Cl)(Oc1ccc(C(C)(C)CC)cc1C(C)(C)CC)C(N)=O. The van der Waals surface area contributed by atoms with E-state index in [4.69, 9.17) is 22.1 Å². The minimum Gasteiger partial charge on any atom is -0.462 e. The van der Waals surface area contributed by atoms with Crippen molar-refractivity contribution in [3.8, 4) is 5.75 Å². The van der Waals surface area contributed by atoms with E-state index >= 15 is 0 Å². The van der Waals surface area contributed by atoms with Crippen LogP contribution in [0.15, 0.2) is 18.2 Å². The molecule has 0 fully saturated rings. The van der Waals surface area contributed by atoms with Gasteiger partial charge in [0.2, 0.25) is 0 Å². The van der Waals surface area contributed by atoms with Gasteiger partial charge < -0.3 is 10.5 Å². The van der Waals surface area contributed by atoms with Crippen molar-refractivity contribution in [1.82, 2.24) is 0 Å². The molecule has 1 aromatic carbocycles. The lowest BCUT2D eigenvalue weighted by molar-refractivity contribution is -0.127. The molecule has 0 spiro atoms. The number of hydrogen-bond acceptors (Lipinski definition) is 2. The Morgan fingerprint density at radius 2 is 1.58 bits per heavy atom. The lowest BCUT2D eigenvalue weighted by atomic mass is 9.76. The molecule has 0 bridgehead atoms. The van der Waals surface area contributed by atoms with Crippen molar-refractivity contribution < 1.29 is 9.53 Å². The Balaban J connectivity index is 3.48. The molecular weight excluding hydrogens is 322 g/mol. The van der Waals surface area contributed by atoms with E-state index in [0.717, 1.165) is 18.4 Å². The maximum absolute atomic E-state index is 11.7. The summed E-state index contributed by atoms with van der Waals surface area (Å²) in [4.78, 5) is 11.7. The van der Waals surface area contributed by atoms with E-state index in [9.17, 15) is 4.79 Å². The summed E-state index contributed by atoms with van der Waals surface area (Å²) in [6, 6.07) is 6.17. The molecule has 0 aliphatic heterocycles. The van der Waals surface area contributed by atoms with Gasteiger partial charge in [0.1, 0.15) is 5.75 Å². The van der Waals surface area contributed by atoms with Crippen molar-refractivity contribution in [1.29, 1.82) is 0 Å². The molecule has 0 aliphatic carbocycles. The summed E-state index contributed by atoms with van der Waals surface area (Å²) >= 11 is 6.32. The second kappa shape index (κ2) is 7.35. The van der Waals surface area contributed by atoms with Gasteiger partial charge in [-0.15, -0.1) is 0 Å². The van der Waals surface area contributed by atoms with E-state index < -0.39 is 11.0 Å². The number of amides is 1. The van der Waals surface area contributed by atoms with Crippen LogP contribution in [0.1, 0.15) is 78.9 Å². The first-order valence-corrected chi connectivity index (χ1v) is 9.14. The van der Waals surface area contributed by atoms with E-state index in [1.54, 1.807) is 6.92 Å². The van der Waals surface area contributed by atoms with Gasteiger partial charge in [0.25, 0.3) is 11.0 Å². The van der Waals surface area contributed by atoms with Crippen LogP contribution in [0.4, 0.5) is 0 Å². The normalized spacial score (nSPS) is 15.0. The number of hydrogen-bond donors (Lipinski definition) is 1. The molecule has 1 rings (SSSR count). The fourth-order valence-corrected chi connectivity index (χ4v) is 2.52. The number of primary amides is 1. The van der Waals surface area contributed by atoms with E-state index in [-0.39, 0.29) is 10.8 Å². The van der Waals surface area contributed by atoms with Gasteiger partial charge in [-0.1, -0.05) is 72.2 Å². The minimum absolute atomic E-state index is 0.0730. The van der Waals surface area contributed by atoms with Crippen LogP contribution in [0.2, 0.25) is 0 Å². The van der Waals surface area contributed by atoms with Crippen molar-refractivity contribution in [2.45, 2.75) is 83.6 Å². The molecule has 2 N–H and O–H groups in total. The van der Waals surface area contributed by atoms with Crippen LogP contribution < -0.4 is 10.5 Å². The van der Waals surface area contributed by atoms with Crippen LogP contribution in [0.25, 0.3) is 0 Å². The van der Waals surface area contributed by atoms with E-state index in [0.29, 0.717) is 12.2 Å². The summed E-state index contributed by atoms with van der Waals surface area (Å²) in [5, 5.41) is -1.51. The lowest BCUT2D eigenvalue weighted by Gasteiger charge is -2.33. The summed E-state index contributed by atoms with van der Waals surface area (Å²) in [7, 11) is 0. The maximum Gasteiger partial charge on any atom is 0.277 e. The zero-order valence-corrected chi connectivity index (χ0v) is 16.9. The minimum atomic E-state index is -1.51. The molecule has 1 atom stereocenters. The average Bonchev–Trinajstić information content (AvgIpc) is 2.54. The van der Waals surface area contributed by atoms with Gasteiger partial charge in [0.15, 0.2) is 0 Å². The summed E-state index contributed by atoms with van der Waals surface area (Å²) in [6.45, 7) is 14.9. The van der Waals surface area contributed by atoms with Crippen molar-refractivity contribution in [3.05, 3.63) is 29.3 Å². The molecule has 136 valence electrons. The van der Waals surface area contributed by atoms with Gasteiger partial charge in [-0.05, 0) is 35.3 Å². The molecular formula is C20H32ClNO2. The van der Waals surface area contributed by atoms with E-state index in [1.165, 1.54) is 5.56 Å². The summed E-state index contributed by atoms with van der Waals surface area (Å²) in [5.41, 5.74) is 7.73. The topological polar surface area (TPSA) is 52.3 Å². The second-order valence-corrected chi connectivity index (χ2v) is 8.34. The van der Waals surface area contributed by atoms with Crippen LogP contribution in [0.5, 0.6) is 5.75 Å². The largest absolute Gasteiger partial charge is 0.462 e. The summed E-state index contributed by atoms with van der Waals surface area (Å²) in [5.74, 6) is -0.0296. The van der Waals surface area contributed by atoms with Gasteiger partial charge in [-0.2, -0.15) is 0 Å². The number of benzene rings is 1. The highest BCUT2D eigenvalue weighted by Crippen LogP contribution is 2.40. The van der Waals surface area contributed by atoms with Crippen LogP contribution in [0.3, 0.4) is 0 Å². The van der Waals surface area contributed by atoms with Crippen LogP contribution >= 0.6 is 11.6 Å². The third-order valence-electron chi connectivity index (χ3n) is 5.35. The average molecular weight is 354 g/mol. The third-order valence-corrected chi connectivity index (χ3v) is 5.88. The molecule has 24 heavy (non-hydrogen) atoms. The number of carbonyl (C=O) groups excluding carboxylic acids is 1. The van der Waals surface area contributed by atoms with Crippen LogP contribution in [0, 0.1) is 0 Å². The lowest BCUT2D eigenvalue weighted by Crippen LogP contribution is -2.43. The van der Waals surface area contributed by atoms with Crippen molar-refractivity contribution in [2.24, 2.45) is 5.73 Å². The predicted molar refractivity (Wildman–Crippen MR) is 102 cm³/mol.